The van der Waals surface area contributed by atoms with Crippen LogP contribution in [0.1, 0.15) is 39.3 Å². The monoisotopic (exact) mass is 181 g/mol. The van der Waals surface area contributed by atoms with Gasteiger partial charge in [0.2, 0.25) is 0 Å². The molecule has 13 heavy (non-hydrogen) atoms. The SMILES string of the molecule is CCC(C)(CC)c1ccc(F)cn1. The molecule has 72 valence electrons. The summed E-state index contributed by atoms with van der Waals surface area (Å²) in [5, 5.41) is 0. The van der Waals surface area contributed by atoms with Crippen molar-refractivity contribution in [2.75, 3.05) is 0 Å². The normalized spacial score (nSPS) is 11.7. The number of rotatable bonds is 3. The minimum absolute atomic E-state index is 0.0910. The highest BCUT2D eigenvalue weighted by molar-refractivity contribution is 5.15. The number of hydrogen-bond acceptors (Lipinski definition) is 1. The van der Waals surface area contributed by atoms with Crippen LogP contribution in [-0.2, 0) is 5.41 Å². The van der Waals surface area contributed by atoms with Crippen LogP contribution in [0.15, 0.2) is 18.3 Å². The number of nitrogens with zero attached hydrogens (tertiary/aromatic N) is 1. The minimum Gasteiger partial charge on any atom is -0.258 e. The summed E-state index contributed by atoms with van der Waals surface area (Å²) in [6, 6.07) is 3.26. The van der Waals surface area contributed by atoms with Gasteiger partial charge in [0.1, 0.15) is 5.82 Å². The predicted octanol–water partition coefficient (Wildman–Crippen LogP) is 3.30. The fourth-order valence-electron chi connectivity index (χ4n) is 1.35. The van der Waals surface area contributed by atoms with Gasteiger partial charge in [-0.3, -0.25) is 4.98 Å². The lowest BCUT2D eigenvalue weighted by Gasteiger charge is -2.25. The molecule has 0 radical (unpaired) electrons. The fraction of sp³-hybridized carbons (Fsp3) is 0.545. The van der Waals surface area contributed by atoms with Crippen LogP contribution < -0.4 is 0 Å². The van der Waals surface area contributed by atoms with Crippen molar-refractivity contribution in [1.82, 2.24) is 4.98 Å². The van der Waals surface area contributed by atoms with Gasteiger partial charge in [-0.1, -0.05) is 20.8 Å². The first kappa shape index (κ1) is 10.2. The number of pyridine rings is 1. The molecular formula is C11H16FN. The molecule has 1 heterocycles. The second-order valence-corrected chi connectivity index (χ2v) is 3.63. The Hall–Kier alpha value is -0.920. The van der Waals surface area contributed by atoms with Crippen molar-refractivity contribution >= 4 is 0 Å². The maximum Gasteiger partial charge on any atom is 0.141 e. The second-order valence-electron chi connectivity index (χ2n) is 3.63. The van der Waals surface area contributed by atoms with E-state index in [2.05, 4.69) is 25.8 Å². The smallest absolute Gasteiger partial charge is 0.141 e. The zero-order valence-corrected chi connectivity index (χ0v) is 8.47. The van der Waals surface area contributed by atoms with Gasteiger partial charge < -0.3 is 0 Å². The third-order valence-corrected chi connectivity index (χ3v) is 2.91. The van der Waals surface area contributed by atoms with E-state index in [9.17, 15) is 4.39 Å². The van der Waals surface area contributed by atoms with Crippen molar-refractivity contribution in [2.24, 2.45) is 0 Å². The summed E-state index contributed by atoms with van der Waals surface area (Å²) in [6.45, 7) is 6.43. The molecule has 0 aromatic carbocycles. The lowest BCUT2D eigenvalue weighted by molar-refractivity contribution is 0.424. The van der Waals surface area contributed by atoms with E-state index in [-0.39, 0.29) is 11.2 Å². The van der Waals surface area contributed by atoms with Crippen molar-refractivity contribution in [3.8, 4) is 0 Å². The molecule has 0 amide bonds. The topological polar surface area (TPSA) is 12.9 Å². The van der Waals surface area contributed by atoms with Gasteiger partial charge in [0.15, 0.2) is 0 Å². The highest BCUT2D eigenvalue weighted by Crippen LogP contribution is 2.28. The molecule has 0 saturated carbocycles. The van der Waals surface area contributed by atoms with Crippen molar-refractivity contribution in [3.05, 3.63) is 29.8 Å². The first-order valence-corrected chi connectivity index (χ1v) is 4.74. The molecule has 1 rings (SSSR count). The summed E-state index contributed by atoms with van der Waals surface area (Å²) >= 11 is 0. The molecule has 0 fully saturated rings. The Morgan fingerprint density at radius 2 is 1.92 bits per heavy atom. The van der Waals surface area contributed by atoms with Crippen LogP contribution in [-0.4, -0.2) is 4.98 Å². The van der Waals surface area contributed by atoms with Gasteiger partial charge in [0.25, 0.3) is 0 Å². The summed E-state index contributed by atoms with van der Waals surface area (Å²) in [7, 11) is 0. The molecule has 0 aliphatic heterocycles. The lowest BCUT2D eigenvalue weighted by atomic mass is 9.81. The molecule has 1 aromatic heterocycles. The number of hydrogen-bond donors (Lipinski definition) is 0. The molecular weight excluding hydrogens is 165 g/mol. The Kier molecular flexibility index (Phi) is 3.02. The van der Waals surface area contributed by atoms with E-state index in [0.717, 1.165) is 18.5 Å². The lowest BCUT2D eigenvalue weighted by Crippen LogP contribution is -2.20. The summed E-state index contributed by atoms with van der Waals surface area (Å²) in [5.74, 6) is -0.265. The van der Waals surface area contributed by atoms with Gasteiger partial charge >= 0.3 is 0 Å². The Labute approximate surface area is 79.0 Å². The van der Waals surface area contributed by atoms with Crippen LogP contribution in [0, 0.1) is 5.82 Å². The summed E-state index contributed by atoms with van der Waals surface area (Å²) < 4.78 is 12.6. The van der Waals surface area contributed by atoms with Gasteiger partial charge in [0, 0.05) is 11.1 Å². The largest absolute Gasteiger partial charge is 0.258 e. The zero-order chi connectivity index (χ0) is 9.90. The Balaban J connectivity index is 2.99. The fourth-order valence-corrected chi connectivity index (χ4v) is 1.35. The molecule has 0 atom stereocenters. The van der Waals surface area contributed by atoms with Gasteiger partial charge in [-0.05, 0) is 25.0 Å². The highest BCUT2D eigenvalue weighted by atomic mass is 19.1. The predicted molar refractivity (Wildman–Crippen MR) is 52.1 cm³/mol. The maximum absolute atomic E-state index is 12.6. The molecule has 1 aromatic rings. The quantitative estimate of drug-likeness (QED) is 0.697. The summed E-state index contributed by atoms with van der Waals surface area (Å²) in [4.78, 5) is 4.12. The van der Waals surface area contributed by atoms with E-state index >= 15 is 0 Å². The van der Waals surface area contributed by atoms with E-state index in [1.165, 1.54) is 12.3 Å². The Bertz CT molecular complexity index is 262. The molecule has 0 spiro atoms. The molecule has 0 unspecified atom stereocenters. The molecule has 0 bridgehead atoms. The second kappa shape index (κ2) is 3.86. The van der Waals surface area contributed by atoms with Crippen LogP contribution in [0.3, 0.4) is 0 Å². The Morgan fingerprint density at radius 3 is 2.31 bits per heavy atom. The van der Waals surface area contributed by atoms with Crippen molar-refractivity contribution in [2.45, 2.75) is 39.0 Å². The average Bonchev–Trinajstić information content (AvgIpc) is 2.18. The van der Waals surface area contributed by atoms with Crippen LogP contribution in [0.5, 0.6) is 0 Å². The molecule has 0 aliphatic carbocycles. The standard InChI is InChI=1S/C11H16FN/c1-4-11(3,5-2)10-7-6-9(12)8-13-10/h6-8H,4-5H2,1-3H3. The van der Waals surface area contributed by atoms with E-state index in [1.807, 2.05) is 0 Å². The molecule has 0 saturated heterocycles. The van der Waals surface area contributed by atoms with Gasteiger partial charge in [-0.25, -0.2) is 4.39 Å². The van der Waals surface area contributed by atoms with Crippen molar-refractivity contribution in [1.29, 1.82) is 0 Å². The van der Waals surface area contributed by atoms with E-state index in [0.29, 0.717) is 0 Å². The highest BCUT2D eigenvalue weighted by Gasteiger charge is 2.23. The number of aromatic nitrogens is 1. The third-order valence-electron chi connectivity index (χ3n) is 2.91. The van der Waals surface area contributed by atoms with Gasteiger partial charge in [-0.2, -0.15) is 0 Å². The van der Waals surface area contributed by atoms with Crippen LogP contribution in [0.2, 0.25) is 0 Å². The van der Waals surface area contributed by atoms with Crippen LogP contribution >= 0.6 is 0 Å². The van der Waals surface area contributed by atoms with Crippen LogP contribution in [0.25, 0.3) is 0 Å². The van der Waals surface area contributed by atoms with E-state index < -0.39 is 0 Å². The van der Waals surface area contributed by atoms with E-state index in [1.54, 1.807) is 6.07 Å². The van der Waals surface area contributed by atoms with Gasteiger partial charge in [0.05, 0.1) is 6.20 Å². The number of halogens is 1. The minimum atomic E-state index is -0.265. The molecule has 2 heteroatoms. The van der Waals surface area contributed by atoms with Crippen molar-refractivity contribution in [3.63, 3.8) is 0 Å². The average molecular weight is 181 g/mol. The van der Waals surface area contributed by atoms with Crippen molar-refractivity contribution < 1.29 is 4.39 Å². The third kappa shape index (κ3) is 2.06. The molecule has 0 aliphatic rings. The maximum atomic E-state index is 12.6. The first-order chi connectivity index (χ1) is 6.12. The van der Waals surface area contributed by atoms with Crippen LogP contribution in [0.4, 0.5) is 4.39 Å². The zero-order valence-electron chi connectivity index (χ0n) is 8.47. The first-order valence-electron chi connectivity index (χ1n) is 4.74. The Morgan fingerprint density at radius 1 is 1.31 bits per heavy atom. The van der Waals surface area contributed by atoms with Gasteiger partial charge in [-0.15, -0.1) is 0 Å². The molecule has 0 N–H and O–H groups in total. The molecule has 1 nitrogen and oxygen atoms in total. The summed E-state index contributed by atoms with van der Waals surface area (Å²) in [5.41, 5.74) is 1.08. The summed E-state index contributed by atoms with van der Waals surface area (Å²) in [6.07, 6.45) is 3.35. The van der Waals surface area contributed by atoms with E-state index in [4.69, 9.17) is 0 Å².